The molecule has 2 heterocycles. The van der Waals surface area contributed by atoms with Crippen LogP contribution in [0, 0.1) is 19.8 Å². The fraction of sp³-hybridized carbons (Fsp3) is 0.524. The summed E-state index contributed by atoms with van der Waals surface area (Å²) in [5, 5.41) is 12.9. The highest BCUT2D eigenvalue weighted by atomic mass is 32.1. The maximum Gasteiger partial charge on any atom is 0.231 e. The fourth-order valence-corrected chi connectivity index (χ4v) is 4.95. The summed E-state index contributed by atoms with van der Waals surface area (Å²) in [4.78, 5) is 26.9. The number of hydrogen-bond donors (Lipinski definition) is 1. The molecule has 1 aliphatic heterocycles. The monoisotopic (exact) mass is 398 g/mol. The fourth-order valence-electron chi connectivity index (χ4n) is 4.03. The number of nitrogens with zero attached hydrogens (tertiary/aromatic N) is 3. The summed E-state index contributed by atoms with van der Waals surface area (Å²) in [7, 11) is 0. The summed E-state index contributed by atoms with van der Waals surface area (Å²) in [5.74, 6) is -0.0454. The Labute approximate surface area is 169 Å². The Bertz CT molecular complexity index is 888. The lowest BCUT2D eigenvalue weighted by atomic mass is 9.90. The van der Waals surface area contributed by atoms with Crippen molar-refractivity contribution in [1.82, 2.24) is 10.2 Å². The van der Waals surface area contributed by atoms with Crippen molar-refractivity contribution in [2.24, 2.45) is 5.92 Å². The lowest BCUT2D eigenvalue weighted by Gasteiger charge is -2.18. The van der Waals surface area contributed by atoms with Crippen molar-refractivity contribution >= 4 is 34.0 Å². The van der Waals surface area contributed by atoms with Crippen molar-refractivity contribution in [2.45, 2.75) is 58.3 Å². The molecule has 1 atom stereocenters. The van der Waals surface area contributed by atoms with E-state index in [0.29, 0.717) is 17.6 Å². The van der Waals surface area contributed by atoms with Crippen molar-refractivity contribution in [3.8, 4) is 0 Å². The number of nitrogens with one attached hydrogen (secondary N) is 1. The Kier molecular flexibility index (Phi) is 5.44. The Balaban J connectivity index is 1.39. The van der Waals surface area contributed by atoms with Crippen LogP contribution in [-0.4, -0.2) is 28.6 Å². The molecule has 0 unspecified atom stereocenters. The smallest absolute Gasteiger partial charge is 0.231 e. The van der Waals surface area contributed by atoms with Crippen LogP contribution in [0.3, 0.4) is 0 Å². The number of carbonyl (C=O) groups is 2. The minimum Gasteiger partial charge on any atom is -0.312 e. The Morgan fingerprint density at radius 3 is 2.68 bits per heavy atom. The SMILES string of the molecule is Cc1ccc(N2C[C@@H](C(=O)Nc3nnc(C4CCCCC4)s3)CC2=O)cc1C. The quantitative estimate of drug-likeness (QED) is 0.838. The number of rotatable bonds is 4. The molecular formula is C21H26N4O2S. The van der Waals surface area contributed by atoms with Gasteiger partial charge in [-0.05, 0) is 49.9 Å². The van der Waals surface area contributed by atoms with Crippen molar-refractivity contribution < 1.29 is 9.59 Å². The molecule has 1 saturated heterocycles. The van der Waals surface area contributed by atoms with Gasteiger partial charge in [0, 0.05) is 24.6 Å². The van der Waals surface area contributed by atoms with Crippen molar-refractivity contribution in [1.29, 1.82) is 0 Å². The van der Waals surface area contributed by atoms with Crippen molar-refractivity contribution in [3.05, 3.63) is 34.3 Å². The third kappa shape index (κ3) is 3.94. The van der Waals surface area contributed by atoms with E-state index in [1.807, 2.05) is 32.0 Å². The van der Waals surface area contributed by atoms with E-state index < -0.39 is 0 Å². The molecule has 2 amide bonds. The van der Waals surface area contributed by atoms with Gasteiger partial charge in [0.15, 0.2) is 0 Å². The van der Waals surface area contributed by atoms with Crippen LogP contribution in [0.5, 0.6) is 0 Å². The highest BCUT2D eigenvalue weighted by Gasteiger charge is 2.35. The minimum absolute atomic E-state index is 0.0106. The molecule has 2 fully saturated rings. The first-order valence-corrected chi connectivity index (χ1v) is 10.8. The largest absolute Gasteiger partial charge is 0.312 e. The predicted molar refractivity (Wildman–Crippen MR) is 111 cm³/mol. The Morgan fingerprint density at radius 2 is 1.93 bits per heavy atom. The highest BCUT2D eigenvalue weighted by molar-refractivity contribution is 7.15. The molecule has 4 rings (SSSR count). The van der Waals surface area contributed by atoms with Crippen LogP contribution in [0.25, 0.3) is 0 Å². The summed E-state index contributed by atoms with van der Waals surface area (Å²) in [6.45, 7) is 4.48. The first-order valence-electron chi connectivity index (χ1n) is 10.0. The molecule has 0 radical (unpaired) electrons. The molecule has 6 nitrogen and oxygen atoms in total. The van der Waals surface area contributed by atoms with E-state index >= 15 is 0 Å². The third-order valence-corrected chi connectivity index (χ3v) is 6.92. The molecule has 1 saturated carbocycles. The van der Waals surface area contributed by atoms with Crippen LogP contribution in [0.1, 0.15) is 60.6 Å². The third-order valence-electron chi connectivity index (χ3n) is 5.92. The van der Waals surface area contributed by atoms with Crippen LogP contribution in [0.2, 0.25) is 0 Å². The van der Waals surface area contributed by atoms with Gasteiger partial charge in [-0.15, -0.1) is 10.2 Å². The Hall–Kier alpha value is -2.28. The summed E-state index contributed by atoms with van der Waals surface area (Å²) >= 11 is 1.48. The predicted octanol–water partition coefficient (Wildman–Crippen LogP) is 4.19. The van der Waals surface area contributed by atoms with E-state index in [-0.39, 0.29) is 24.2 Å². The summed E-state index contributed by atoms with van der Waals surface area (Å²) in [6.07, 6.45) is 6.32. The zero-order valence-electron chi connectivity index (χ0n) is 16.4. The van der Waals surface area contributed by atoms with Crippen LogP contribution in [0.4, 0.5) is 10.8 Å². The average Bonchev–Trinajstić information content (AvgIpc) is 3.31. The van der Waals surface area contributed by atoms with Gasteiger partial charge >= 0.3 is 0 Å². The summed E-state index contributed by atoms with van der Waals surface area (Å²) in [6, 6.07) is 5.97. The van der Waals surface area contributed by atoms with Crippen LogP contribution in [-0.2, 0) is 9.59 Å². The molecule has 2 aliphatic rings. The molecule has 148 valence electrons. The molecule has 2 aromatic rings. The maximum atomic E-state index is 12.7. The number of amides is 2. The Morgan fingerprint density at radius 1 is 1.14 bits per heavy atom. The highest BCUT2D eigenvalue weighted by Crippen LogP contribution is 2.35. The zero-order valence-corrected chi connectivity index (χ0v) is 17.2. The molecule has 28 heavy (non-hydrogen) atoms. The number of anilines is 2. The van der Waals surface area contributed by atoms with Crippen LogP contribution >= 0.6 is 11.3 Å². The van der Waals surface area contributed by atoms with Crippen molar-refractivity contribution in [2.75, 3.05) is 16.8 Å². The number of aromatic nitrogens is 2. The van der Waals surface area contributed by atoms with Gasteiger partial charge in [0.25, 0.3) is 0 Å². The minimum atomic E-state index is -0.365. The lowest BCUT2D eigenvalue weighted by molar-refractivity contribution is -0.122. The summed E-state index contributed by atoms with van der Waals surface area (Å²) < 4.78 is 0. The first kappa shape index (κ1) is 19.1. The zero-order chi connectivity index (χ0) is 19.7. The molecule has 1 aromatic carbocycles. The number of benzene rings is 1. The number of hydrogen-bond acceptors (Lipinski definition) is 5. The second-order valence-corrected chi connectivity index (χ2v) is 8.95. The standard InChI is InChI=1S/C21H26N4O2S/c1-13-8-9-17(10-14(13)2)25-12-16(11-18(25)26)19(27)22-21-24-23-20(28-21)15-6-4-3-5-7-15/h8-10,15-16H,3-7,11-12H2,1-2H3,(H,22,24,27)/t16-/m0/s1. The van der Waals surface area contributed by atoms with E-state index in [4.69, 9.17) is 0 Å². The van der Waals surface area contributed by atoms with Gasteiger partial charge < -0.3 is 10.2 Å². The van der Waals surface area contributed by atoms with E-state index in [1.165, 1.54) is 36.2 Å². The molecule has 1 N–H and O–H groups in total. The first-order chi connectivity index (χ1) is 13.5. The molecular weight excluding hydrogens is 372 g/mol. The van der Waals surface area contributed by atoms with E-state index in [2.05, 4.69) is 15.5 Å². The molecule has 0 bridgehead atoms. The maximum absolute atomic E-state index is 12.7. The second kappa shape index (κ2) is 7.99. The van der Waals surface area contributed by atoms with Gasteiger partial charge in [-0.25, -0.2) is 0 Å². The number of aryl methyl sites for hydroxylation is 2. The molecule has 7 heteroatoms. The lowest BCUT2D eigenvalue weighted by Crippen LogP contribution is -2.28. The second-order valence-electron chi connectivity index (χ2n) is 7.94. The molecule has 0 spiro atoms. The molecule has 1 aliphatic carbocycles. The van der Waals surface area contributed by atoms with E-state index in [0.717, 1.165) is 29.1 Å². The summed E-state index contributed by atoms with van der Waals surface area (Å²) in [5.41, 5.74) is 3.19. The van der Waals surface area contributed by atoms with Gasteiger partial charge in [-0.2, -0.15) is 0 Å². The topological polar surface area (TPSA) is 75.2 Å². The van der Waals surface area contributed by atoms with Gasteiger partial charge in [-0.3, -0.25) is 9.59 Å². The normalized spacial score (nSPS) is 20.6. The average molecular weight is 399 g/mol. The number of carbonyl (C=O) groups excluding carboxylic acids is 2. The van der Waals surface area contributed by atoms with Crippen molar-refractivity contribution in [3.63, 3.8) is 0 Å². The van der Waals surface area contributed by atoms with Crippen LogP contribution in [0.15, 0.2) is 18.2 Å². The van der Waals surface area contributed by atoms with Crippen LogP contribution < -0.4 is 10.2 Å². The van der Waals surface area contributed by atoms with E-state index in [9.17, 15) is 9.59 Å². The van der Waals surface area contributed by atoms with Gasteiger partial charge in [0.05, 0.1) is 5.92 Å². The van der Waals surface area contributed by atoms with Gasteiger partial charge in [-0.1, -0.05) is 36.7 Å². The van der Waals surface area contributed by atoms with Gasteiger partial charge in [0.2, 0.25) is 16.9 Å². The molecule has 1 aromatic heterocycles. The van der Waals surface area contributed by atoms with E-state index in [1.54, 1.807) is 4.90 Å². The van der Waals surface area contributed by atoms with Gasteiger partial charge in [0.1, 0.15) is 5.01 Å².